The van der Waals surface area contributed by atoms with Crippen molar-refractivity contribution in [2.24, 2.45) is 0 Å². The van der Waals surface area contributed by atoms with Gasteiger partial charge in [-0.15, -0.1) is 3.89 Å². The van der Waals surface area contributed by atoms with Gasteiger partial charge in [-0.3, -0.25) is 0 Å². The van der Waals surface area contributed by atoms with Gasteiger partial charge in [-0.1, -0.05) is 0 Å². The first-order valence-electron chi connectivity index (χ1n) is 5.40. The number of aromatic nitrogens is 2. The normalized spacial score (nSPS) is 14.9. The van der Waals surface area contributed by atoms with Crippen LogP contribution in [-0.2, 0) is 0 Å². The quantitative estimate of drug-likeness (QED) is 0.923. The topological polar surface area (TPSA) is 64.3 Å². The van der Waals surface area contributed by atoms with E-state index in [1.165, 1.54) is 12.3 Å². The van der Waals surface area contributed by atoms with E-state index in [0.717, 1.165) is 16.8 Å². The molecule has 0 bridgehead atoms. The molecule has 5 nitrogen and oxygen atoms in total. The number of carboxylic acids is 1. The summed E-state index contributed by atoms with van der Waals surface area (Å²) < 4.78 is 19.5. The molecule has 0 atom stereocenters. The largest absolute Gasteiger partial charge is 0.477 e. The Balaban J connectivity index is 2.20. The van der Waals surface area contributed by atoms with E-state index in [1.54, 1.807) is 6.07 Å². The summed E-state index contributed by atoms with van der Waals surface area (Å²) in [6.07, 6.45) is 3.55. The fraction of sp³-hybridized carbons (Fsp3) is 0.273. The van der Waals surface area contributed by atoms with Crippen molar-refractivity contribution in [1.82, 2.24) is 8.96 Å². The van der Waals surface area contributed by atoms with Gasteiger partial charge in [0.15, 0.2) is 12.3 Å². The van der Waals surface area contributed by atoms with Crippen LogP contribution in [0.25, 0.3) is 10.9 Å². The third kappa shape index (κ3) is 1.80. The molecule has 1 fully saturated rings. The summed E-state index contributed by atoms with van der Waals surface area (Å²) in [6, 6.07) is 3.04. The third-order valence-corrected chi connectivity index (χ3v) is 3.24. The van der Waals surface area contributed by atoms with Crippen LogP contribution in [0, 0.1) is 0 Å². The van der Waals surface area contributed by atoms with E-state index < -0.39 is 5.97 Å². The van der Waals surface area contributed by atoms with E-state index in [4.69, 9.17) is 9.84 Å². The molecule has 2 heterocycles. The summed E-state index contributed by atoms with van der Waals surface area (Å²) in [4.78, 5) is 15.1. The second-order valence-corrected chi connectivity index (χ2v) is 4.57. The molecule has 18 heavy (non-hydrogen) atoms. The van der Waals surface area contributed by atoms with Crippen molar-refractivity contribution in [3.05, 3.63) is 24.0 Å². The number of carbonyl (C=O) groups is 1. The van der Waals surface area contributed by atoms with Crippen LogP contribution in [0.2, 0.25) is 0 Å². The van der Waals surface area contributed by atoms with Gasteiger partial charge in [-0.2, -0.15) is 0 Å². The Morgan fingerprint density at radius 3 is 3.00 bits per heavy atom. The first kappa shape index (κ1) is 11.3. The lowest BCUT2D eigenvalue weighted by Gasteiger charge is -2.06. The van der Waals surface area contributed by atoms with Crippen LogP contribution >= 0.6 is 12.3 Å². The van der Waals surface area contributed by atoms with Crippen LogP contribution in [0.4, 0.5) is 3.89 Å². The second-order valence-electron chi connectivity index (χ2n) is 4.07. The molecule has 1 aliphatic carbocycles. The highest BCUT2D eigenvalue weighted by atomic mass is 32.2. The van der Waals surface area contributed by atoms with Crippen LogP contribution in [0.15, 0.2) is 18.3 Å². The van der Waals surface area contributed by atoms with Crippen molar-refractivity contribution in [2.75, 3.05) is 0 Å². The lowest BCUT2D eigenvalue weighted by Crippen LogP contribution is -2.04. The molecule has 2 aromatic rings. The fourth-order valence-electron chi connectivity index (χ4n) is 1.75. The smallest absolute Gasteiger partial charge is 0.353 e. The SMILES string of the molecule is O=C(O)c1cc2ccnc(OC3CC3)c2n1SF. The minimum absolute atomic E-state index is 0.115. The number of halogens is 1. The highest BCUT2D eigenvalue weighted by molar-refractivity contribution is 7.93. The molecule has 0 amide bonds. The van der Waals surface area contributed by atoms with E-state index in [9.17, 15) is 8.68 Å². The van der Waals surface area contributed by atoms with Crippen molar-refractivity contribution >= 4 is 29.2 Å². The van der Waals surface area contributed by atoms with Crippen LogP contribution in [0.5, 0.6) is 5.88 Å². The highest BCUT2D eigenvalue weighted by Crippen LogP contribution is 2.34. The molecule has 2 aromatic heterocycles. The number of hydrogen-bond acceptors (Lipinski definition) is 4. The van der Waals surface area contributed by atoms with Crippen molar-refractivity contribution in [1.29, 1.82) is 0 Å². The average molecular weight is 268 g/mol. The lowest BCUT2D eigenvalue weighted by molar-refractivity contribution is 0.0690. The maximum absolute atomic E-state index is 13.0. The summed E-state index contributed by atoms with van der Waals surface area (Å²) >= 11 is -0.163. The lowest BCUT2D eigenvalue weighted by atomic mass is 10.3. The number of hydrogen-bond donors (Lipinski definition) is 1. The minimum atomic E-state index is -1.19. The first-order chi connectivity index (χ1) is 8.70. The summed E-state index contributed by atoms with van der Waals surface area (Å²) in [5.41, 5.74) is 0.237. The highest BCUT2D eigenvalue weighted by Gasteiger charge is 2.27. The molecule has 1 N–H and O–H groups in total. The Hall–Kier alpha value is -1.76. The number of aromatic carboxylic acids is 1. The monoisotopic (exact) mass is 268 g/mol. The van der Waals surface area contributed by atoms with Crippen molar-refractivity contribution in [3.63, 3.8) is 0 Å². The minimum Gasteiger partial charge on any atom is -0.477 e. The Kier molecular flexibility index (Phi) is 2.62. The van der Waals surface area contributed by atoms with Crippen molar-refractivity contribution < 1.29 is 18.5 Å². The van der Waals surface area contributed by atoms with Gasteiger partial charge in [0.2, 0.25) is 5.88 Å². The van der Waals surface area contributed by atoms with Gasteiger partial charge in [0.1, 0.15) is 17.3 Å². The predicted molar refractivity (Wildman–Crippen MR) is 64.4 cm³/mol. The Morgan fingerprint density at radius 1 is 1.61 bits per heavy atom. The molecular weight excluding hydrogens is 259 g/mol. The molecule has 0 radical (unpaired) electrons. The zero-order chi connectivity index (χ0) is 12.7. The van der Waals surface area contributed by atoms with Crippen molar-refractivity contribution in [2.45, 2.75) is 18.9 Å². The van der Waals surface area contributed by atoms with Gasteiger partial charge >= 0.3 is 5.97 Å². The van der Waals surface area contributed by atoms with Gasteiger partial charge < -0.3 is 9.84 Å². The standard InChI is InChI=1S/C11H9FN2O3S/c12-18-14-8(11(15)16)5-6-3-4-13-10(9(6)14)17-7-1-2-7/h3-5,7H,1-2H2,(H,15,16). The molecule has 7 heteroatoms. The number of ether oxygens (including phenoxy) is 1. The average Bonchev–Trinajstić information content (AvgIpc) is 3.07. The van der Waals surface area contributed by atoms with E-state index in [2.05, 4.69) is 4.98 Å². The molecule has 1 aliphatic rings. The summed E-state index contributed by atoms with van der Waals surface area (Å²) in [5.74, 6) is -0.902. The van der Waals surface area contributed by atoms with Crippen LogP contribution in [-0.4, -0.2) is 26.1 Å². The molecule has 0 aliphatic heterocycles. The molecule has 1 saturated carbocycles. The molecule has 0 saturated heterocycles. The molecule has 3 rings (SSSR count). The maximum Gasteiger partial charge on any atom is 0.353 e. The van der Waals surface area contributed by atoms with Gasteiger partial charge in [-0.05, 0) is 25.0 Å². The van der Waals surface area contributed by atoms with Crippen LogP contribution in [0.3, 0.4) is 0 Å². The van der Waals surface area contributed by atoms with E-state index in [0.29, 0.717) is 10.9 Å². The van der Waals surface area contributed by atoms with Crippen LogP contribution in [0.1, 0.15) is 23.3 Å². The molecular formula is C11H9FN2O3S. The van der Waals surface area contributed by atoms with Crippen molar-refractivity contribution in [3.8, 4) is 5.88 Å². The maximum atomic E-state index is 13.0. The molecule has 0 spiro atoms. The second kappa shape index (κ2) is 4.16. The Labute approximate surface area is 106 Å². The third-order valence-electron chi connectivity index (χ3n) is 2.73. The van der Waals surface area contributed by atoms with Crippen LogP contribution < -0.4 is 4.74 Å². The van der Waals surface area contributed by atoms with E-state index in [1.807, 2.05) is 0 Å². The summed E-state index contributed by atoms with van der Waals surface area (Å²) in [7, 11) is 0. The Morgan fingerprint density at radius 2 is 2.39 bits per heavy atom. The molecule has 0 unspecified atom stereocenters. The number of rotatable bonds is 4. The first-order valence-corrected chi connectivity index (χ1v) is 6.07. The summed E-state index contributed by atoms with van der Waals surface area (Å²) in [6.45, 7) is 0. The number of pyridine rings is 1. The van der Waals surface area contributed by atoms with Gasteiger partial charge in [0.25, 0.3) is 0 Å². The van der Waals surface area contributed by atoms with Gasteiger partial charge in [-0.25, -0.2) is 13.8 Å². The Bertz CT molecular complexity index is 624. The predicted octanol–water partition coefficient (Wildman–Crippen LogP) is 2.66. The zero-order valence-corrected chi connectivity index (χ0v) is 9.98. The van der Waals surface area contributed by atoms with E-state index in [-0.39, 0.29) is 30.0 Å². The molecule has 94 valence electrons. The van der Waals surface area contributed by atoms with Gasteiger partial charge in [0, 0.05) is 11.6 Å². The number of carboxylic acid groups (broad SMARTS) is 1. The zero-order valence-electron chi connectivity index (χ0n) is 9.17. The fourth-order valence-corrected chi connectivity index (χ4v) is 2.20. The number of fused-ring (bicyclic) bond motifs is 1. The van der Waals surface area contributed by atoms with Gasteiger partial charge in [0.05, 0.1) is 0 Å². The van der Waals surface area contributed by atoms with E-state index >= 15 is 0 Å². The number of nitrogens with zero attached hydrogens (tertiary/aromatic N) is 2. The summed E-state index contributed by atoms with van der Waals surface area (Å²) in [5, 5.41) is 9.62. The molecule has 0 aromatic carbocycles.